The number of carbonyl (C=O) groups is 1. The van der Waals surface area contributed by atoms with E-state index in [0.717, 1.165) is 13.0 Å². The van der Waals surface area contributed by atoms with E-state index in [2.05, 4.69) is 24.5 Å². The lowest BCUT2D eigenvalue weighted by Gasteiger charge is -2.36. The minimum absolute atomic E-state index is 0.0740. The molecule has 1 amide bonds. The van der Waals surface area contributed by atoms with Crippen LogP contribution in [0.4, 0.5) is 0 Å². The minimum atomic E-state index is -0.0914. The summed E-state index contributed by atoms with van der Waals surface area (Å²) < 4.78 is 0. The quantitative estimate of drug-likeness (QED) is 0.622. The van der Waals surface area contributed by atoms with Gasteiger partial charge in [-0.1, -0.05) is 13.8 Å². The molecule has 4 heteroatoms. The normalized spacial score (nSPS) is 33.5. The van der Waals surface area contributed by atoms with Crippen molar-refractivity contribution in [2.24, 2.45) is 17.6 Å². The Hall–Kier alpha value is -0.610. The van der Waals surface area contributed by atoms with Crippen molar-refractivity contribution in [2.45, 2.75) is 39.3 Å². The average molecular weight is 213 g/mol. The van der Waals surface area contributed by atoms with Crippen molar-refractivity contribution in [3.05, 3.63) is 0 Å². The summed E-state index contributed by atoms with van der Waals surface area (Å²) in [6.07, 6.45) is 1.12. The Balaban J connectivity index is 2.51. The summed E-state index contributed by atoms with van der Waals surface area (Å²) in [5, 5.41) is 6.47. The van der Waals surface area contributed by atoms with Crippen molar-refractivity contribution in [2.75, 3.05) is 13.1 Å². The van der Waals surface area contributed by atoms with E-state index in [1.165, 1.54) is 0 Å². The molecule has 1 saturated heterocycles. The summed E-state index contributed by atoms with van der Waals surface area (Å²) in [6, 6.07) is 0.586. The number of hydrogen-bond acceptors (Lipinski definition) is 3. The van der Waals surface area contributed by atoms with Crippen molar-refractivity contribution >= 4 is 5.91 Å². The van der Waals surface area contributed by atoms with Gasteiger partial charge in [-0.3, -0.25) is 4.79 Å². The Morgan fingerprint density at radius 2 is 2.27 bits per heavy atom. The van der Waals surface area contributed by atoms with Crippen LogP contribution in [0.3, 0.4) is 0 Å². The van der Waals surface area contributed by atoms with Crippen LogP contribution in [0.25, 0.3) is 0 Å². The molecule has 0 aromatic rings. The van der Waals surface area contributed by atoms with E-state index < -0.39 is 0 Å². The van der Waals surface area contributed by atoms with Crippen molar-refractivity contribution in [1.29, 1.82) is 0 Å². The van der Waals surface area contributed by atoms with Crippen molar-refractivity contribution in [3.63, 3.8) is 0 Å². The smallest absolute Gasteiger partial charge is 0.224 e. The zero-order valence-electron chi connectivity index (χ0n) is 9.92. The molecule has 0 spiro atoms. The van der Waals surface area contributed by atoms with Crippen molar-refractivity contribution < 1.29 is 4.79 Å². The first-order valence-corrected chi connectivity index (χ1v) is 5.80. The van der Waals surface area contributed by atoms with Crippen LogP contribution in [0, 0.1) is 11.8 Å². The molecule has 4 N–H and O–H groups in total. The standard InChI is InChI=1S/C11H23N3O/c1-7-4-5-13-9(3)10(7)14-11(15)8(2)6-12/h7-10,13H,4-6,12H2,1-3H3,(H,14,15). The maximum atomic E-state index is 11.7. The van der Waals surface area contributed by atoms with Gasteiger partial charge in [0.05, 0.1) is 0 Å². The van der Waals surface area contributed by atoms with Crippen LogP contribution in [0.5, 0.6) is 0 Å². The van der Waals surface area contributed by atoms with Crippen LogP contribution in [0.2, 0.25) is 0 Å². The molecule has 88 valence electrons. The predicted octanol–water partition coefficient (Wildman–Crippen LogP) is 0.0839. The highest BCUT2D eigenvalue weighted by molar-refractivity contribution is 5.78. The number of rotatable bonds is 3. The number of hydrogen-bond donors (Lipinski definition) is 3. The molecule has 1 heterocycles. The molecule has 1 rings (SSSR count). The maximum Gasteiger partial charge on any atom is 0.224 e. The second-order valence-electron chi connectivity index (χ2n) is 4.68. The highest BCUT2D eigenvalue weighted by Gasteiger charge is 2.29. The molecular formula is C11H23N3O. The molecule has 0 aliphatic carbocycles. The van der Waals surface area contributed by atoms with E-state index in [1.54, 1.807) is 0 Å². The summed E-state index contributed by atoms with van der Waals surface area (Å²) >= 11 is 0. The summed E-state index contributed by atoms with van der Waals surface area (Å²) in [6.45, 7) is 7.62. The van der Waals surface area contributed by atoms with Gasteiger partial charge >= 0.3 is 0 Å². The van der Waals surface area contributed by atoms with Crippen molar-refractivity contribution in [1.82, 2.24) is 10.6 Å². The molecule has 0 aromatic heterocycles. The number of nitrogens with one attached hydrogen (secondary N) is 2. The van der Waals surface area contributed by atoms with Gasteiger partial charge in [0.1, 0.15) is 0 Å². The average Bonchev–Trinajstić information content (AvgIpc) is 2.22. The Labute approximate surface area is 92.0 Å². The summed E-state index contributed by atoms with van der Waals surface area (Å²) in [5.41, 5.74) is 5.47. The maximum absolute atomic E-state index is 11.7. The molecule has 1 fully saturated rings. The van der Waals surface area contributed by atoms with Crippen LogP contribution in [0.15, 0.2) is 0 Å². The third kappa shape index (κ3) is 3.18. The van der Waals surface area contributed by atoms with Gasteiger partial charge in [0.15, 0.2) is 0 Å². The molecule has 4 unspecified atom stereocenters. The molecule has 0 radical (unpaired) electrons. The Kier molecular flexibility index (Phi) is 4.54. The van der Waals surface area contributed by atoms with Gasteiger partial charge in [-0.05, 0) is 25.8 Å². The van der Waals surface area contributed by atoms with Crippen LogP contribution < -0.4 is 16.4 Å². The summed E-state index contributed by atoms with van der Waals surface area (Å²) in [4.78, 5) is 11.7. The fraction of sp³-hybridized carbons (Fsp3) is 0.909. The molecule has 4 atom stereocenters. The van der Waals surface area contributed by atoms with Gasteiger partial charge in [-0.15, -0.1) is 0 Å². The number of piperidine rings is 1. The third-order valence-electron chi connectivity index (χ3n) is 3.33. The van der Waals surface area contributed by atoms with Crippen LogP contribution >= 0.6 is 0 Å². The van der Waals surface area contributed by atoms with E-state index in [4.69, 9.17) is 5.73 Å². The molecular weight excluding hydrogens is 190 g/mol. The molecule has 15 heavy (non-hydrogen) atoms. The van der Waals surface area contributed by atoms with E-state index in [1.807, 2.05) is 6.92 Å². The fourth-order valence-electron chi connectivity index (χ4n) is 2.02. The number of carbonyl (C=O) groups excluding carboxylic acids is 1. The molecule has 0 bridgehead atoms. The molecule has 0 saturated carbocycles. The second-order valence-corrected chi connectivity index (χ2v) is 4.68. The summed E-state index contributed by atoms with van der Waals surface area (Å²) in [7, 11) is 0. The first-order chi connectivity index (χ1) is 7.06. The van der Waals surface area contributed by atoms with E-state index >= 15 is 0 Å². The first kappa shape index (κ1) is 12.5. The van der Waals surface area contributed by atoms with E-state index in [9.17, 15) is 4.79 Å². The Bertz CT molecular complexity index is 210. The third-order valence-corrected chi connectivity index (χ3v) is 3.33. The lowest BCUT2D eigenvalue weighted by atomic mass is 9.88. The monoisotopic (exact) mass is 213 g/mol. The van der Waals surface area contributed by atoms with Gasteiger partial charge < -0.3 is 16.4 Å². The zero-order chi connectivity index (χ0) is 11.4. The minimum Gasteiger partial charge on any atom is -0.351 e. The molecule has 1 aliphatic rings. The molecule has 0 aromatic carbocycles. The largest absolute Gasteiger partial charge is 0.351 e. The Morgan fingerprint density at radius 3 is 2.80 bits per heavy atom. The highest BCUT2D eigenvalue weighted by atomic mass is 16.1. The topological polar surface area (TPSA) is 67.2 Å². The van der Waals surface area contributed by atoms with Gasteiger partial charge in [0.25, 0.3) is 0 Å². The van der Waals surface area contributed by atoms with Crippen LogP contribution in [0.1, 0.15) is 27.2 Å². The lowest BCUT2D eigenvalue weighted by Crippen LogP contribution is -2.57. The Morgan fingerprint density at radius 1 is 1.60 bits per heavy atom. The van der Waals surface area contributed by atoms with E-state index in [0.29, 0.717) is 18.5 Å². The highest BCUT2D eigenvalue weighted by Crippen LogP contribution is 2.16. The summed E-state index contributed by atoms with van der Waals surface area (Å²) in [5.74, 6) is 0.520. The van der Waals surface area contributed by atoms with Crippen LogP contribution in [-0.4, -0.2) is 31.1 Å². The van der Waals surface area contributed by atoms with Gasteiger partial charge in [-0.2, -0.15) is 0 Å². The number of nitrogens with two attached hydrogens (primary N) is 1. The van der Waals surface area contributed by atoms with Gasteiger partial charge in [0.2, 0.25) is 5.91 Å². The predicted molar refractivity (Wildman–Crippen MR) is 61.4 cm³/mol. The van der Waals surface area contributed by atoms with Crippen molar-refractivity contribution in [3.8, 4) is 0 Å². The van der Waals surface area contributed by atoms with Gasteiger partial charge in [0, 0.05) is 24.5 Å². The van der Waals surface area contributed by atoms with Gasteiger partial charge in [-0.25, -0.2) is 0 Å². The second kappa shape index (κ2) is 5.47. The molecule has 1 aliphatic heterocycles. The number of amides is 1. The van der Waals surface area contributed by atoms with E-state index in [-0.39, 0.29) is 17.9 Å². The first-order valence-electron chi connectivity index (χ1n) is 5.80. The molecule has 4 nitrogen and oxygen atoms in total. The lowest BCUT2D eigenvalue weighted by molar-refractivity contribution is -0.125. The fourth-order valence-corrected chi connectivity index (χ4v) is 2.02. The SMILES string of the molecule is CC(CN)C(=O)NC1C(C)CCNC1C. The van der Waals surface area contributed by atoms with Crippen LogP contribution in [-0.2, 0) is 4.79 Å². The zero-order valence-corrected chi connectivity index (χ0v) is 9.92.